The highest BCUT2D eigenvalue weighted by molar-refractivity contribution is 5.85. The first-order chi connectivity index (χ1) is 12.6. The summed E-state index contributed by atoms with van der Waals surface area (Å²) < 4.78 is 5.37. The number of carboxylic acids is 1. The van der Waals surface area contributed by atoms with Gasteiger partial charge in [0, 0.05) is 42.6 Å². The van der Waals surface area contributed by atoms with Crippen LogP contribution in [0.4, 0.5) is 0 Å². The van der Waals surface area contributed by atoms with E-state index in [-0.39, 0.29) is 18.8 Å². The fraction of sp³-hybridized carbons (Fsp3) is 0.500. The van der Waals surface area contributed by atoms with E-state index in [1.165, 1.54) is 36.9 Å². The molecule has 0 saturated carbocycles. The van der Waals surface area contributed by atoms with Gasteiger partial charge in [-0.1, -0.05) is 0 Å². The molecule has 1 aromatic heterocycles. The number of carboxylic acid groups (broad SMARTS) is 1. The molecule has 2 aromatic rings. The number of rotatable bonds is 9. The van der Waals surface area contributed by atoms with Crippen LogP contribution in [0.1, 0.15) is 44.1 Å². The van der Waals surface area contributed by atoms with Gasteiger partial charge < -0.3 is 19.7 Å². The Labute approximate surface area is 153 Å². The summed E-state index contributed by atoms with van der Waals surface area (Å²) in [7, 11) is 0. The van der Waals surface area contributed by atoms with Gasteiger partial charge in [0.25, 0.3) is 0 Å². The van der Waals surface area contributed by atoms with Crippen molar-refractivity contribution >= 4 is 22.8 Å². The lowest BCUT2D eigenvalue weighted by Gasteiger charge is -2.13. The van der Waals surface area contributed by atoms with E-state index in [2.05, 4.69) is 9.88 Å². The quantitative estimate of drug-likeness (QED) is 0.408. The number of esters is 1. The molecule has 140 valence electrons. The molecular weight excluding hydrogens is 332 g/mol. The molecular formula is C20H26N2O4. The monoisotopic (exact) mass is 358 g/mol. The molecule has 0 atom stereocenters. The SMILES string of the molecule is O=C(O)CCCCC(=O)Oc1ccc2c(CCN3CCCC3)c[nH]c2c1. The number of unbranched alkanes of at least 4 members (excludes halogenated alkanes) is 1. The topological polar surface area (TPSA) is 82.6 Å². The minimum Gasteiger partial charge on any atom is -0.481 e. The van der Waals surface area contributed by atoms with Crippen LogP contribution in [-0.2, 0) is 16.0 Å². The van der Waals surface area contributed by atoms with Crippen molar-refractivity contribution in [3.05, 3.63) is 30.0 Å². The summed E-state index contributed by atoms with van der Waals surface area (Å²) in [6.07, 6.45) is 6.99. The van der Waals surface area contributed by atoms with Gasteiger partial charge in [-0.2, -0.15) is 0 Å². The minimum absolute atomic E-state index is 0.0852. The van der Waals surface area contributed by atoms with Gasteiger partial charge in [-0.15, -0.1) is 0 Å². The highest BCUT2D eigenvalue weighted by atomic mass is 16.5. The first-order valence-corrected chi connectivity index (χ1v) is 9.36. The first kappa shape index (κ1) is 18.5. The number of aliphatic carboxylic acids is 1. The fourth-order valence-corrected chi connectivity index (χ4v) is 3.45. The summed E-state index contributed by atoms with van der Waals surface area (Å²) >= 11 is 0. The van der Waals surface area contributed by atoms with E-state index in [1.54, 1.807) is 0 Å². The molecule has 2 heterocycles. The standard InChI is InChI=1S/C20H26N2O4/c23-19(24)5-1-2-6-20(25)26-16-7-8-17-15(14-21-18(17)13-16)9-12-22-10-3-4-11-22/h7-8,13-14,21H,1-6,9-12H2,(H,23,24). The summed E-state index contributed by atoms with van der Waals surface area (Å²) in [6.45, 7) is 3.49. The van der Waals surface area contributed by atoms with Gasteiger partial charge in [-0.3, -0.25) is 9.59 Å². The van der Waals surface area contributed by atoms with Gasteiger partial charge in [-0.05, 0) is 62.9 Å². The van der Waals surface area contributed by atoms with Gasteiger partial charge in [0.05, 0.1) is 0 Å². The minimum atomic E-state index is -0.837. The lowest BCUT2D eigenvalue weighted by atomic mass is 10.1. The zero-order valence-electron chi connectivity index (χ0n) is 15.0. The molecule has 1 saturated heterocycles. The zero-order chi connectivity index (χ0) is 18.4. The summed E-state index contributed by atoms with van der Waals surface area (Å²) in [4.78, 5) is 28.1. The van der Waals surface area contributed by atoms with Crippen LogP contribution in [0.25, 0.3) is 10.9 Å². The number of aromatic nitrogens is 1. The number of aromatic amines is 1. The molecule has 0 amide bonds. The maximum atomic E-state index is 11.9. The average Bonchev–Trinajstić information content (AvgIpc) is 3.26. The Morgan fingerprint density at radius 1 is 1.15 bits per heavy atom. The third kappa shape index (κ3) is 5.08. The lowest BCUT2D eigenvalue weighted by molar-refractivity contribution is -0.138. The van der Waals surface area contributed by atoms with Crippen molar-refractivity contribution in [1.82, 2.24) is 9.88 Å². The van der Waals surface area contributed by atoms with Crippen molar-refractivity contribution in [1.29, 1.82) is 0 Å². The van der Waals surface area contributed by atoms with Gasteiger partial charge in [0.1, 0.15) is 5.75 Å². The Kier molecular flexibility index (Phi) is 6.28. The number of benzene rings is 1. The third-order valence-corrected chi connectivity index (χ3v) is 4.89. The second-order valence-corrected chi connectivity index (χ2v) is 6.89. The Hall–Kier alpha value is -2.34. The largest absolute Gasteiger partial charge is 0.481 e. The molecule has 0 bridgehead atoms. The average molecular weight is 358 g/mol. The highest BCUT2D eigenvalue weighted by Gasteiger charge is 2.13. The zero-order valence-corrected chi connectivity index (χ0v) is 15.0. The predicted octanol–water partition coefficient (Wildman–Crippen LogP) is 3.36. The van der Waals surface area contributed by atoms with Crippen molar-refractivity contribution in [2.45, 2.75) is 44.9 Å². The molecule has 0 radical (unpaired) electrons. The van der Waals surface area contributed by atoms with E-state index in [0.29, 0.717) is 18.6 Å². The molecule has 1 fully saturated rings. The predicted molar refractivity (Wildman–Crippen MR) is 99.4 cm³/mol. The number of hydrogen-bond donors (Lipinski definition) is 2. The number of likely N-dealkylation sites (tertiary alicyclic amines) is 1. The van der Waals surface area contributed by atoms with Crippen LogP contribution < -0.4 is 4.74 Å². The third-order valence-electron chi connectivity index (χ3n) is 4.89. The Balaban J connectivity index is 1.52. The number of hydrogen-bond acceptors (Lipinski definition) is 4. The van der Waals surface area contributed by atoms with E-state index in [1.807, 2.05) is 24.4 Å². The van der Waals surface area contributed by atoms with E-state index < -0.39 is 5.97 Å². The number of carbonyl (C=O) groups is 2. The number of nitrogens with one attached hydrogen (secondary N) is 1. The molecule has 0 aliphatic carbocycles. The van der Waals surface area contributed by atoms with Gasteiger partial charge >= 0.3 is 11.9 Å². The van der Waals surface area contributed by atoms with Crippen molar-refractivity contribution in [3.8, 4) is 5.75 Å². The molecule has 1 aliphatic rings. The van der Waals surface area contributed by atoms with Crippen LogP contribution in [0.5, 0.6) is 5.75 Å². The number of H-pyrrole nitrogens is 1. The van der Waals surface area contributed by atoms with Crippen LogP contribution >= 0.6 is 0 Å². The van der Waals surface area contributed by atoms with E-state index in [4.69, 9.17) is 9.84 Å². The molecule has 2 N–H and O–H groups in total. The maximum Gasteiger partial charge on any atom is 0.311 e. The second-order valence-electron chi connectivity index (χ2n) is 6.89. The Bertz CT molecular complexity index is 762. The fourth-order valence-electron chi connectivity index (χ4n) is 3.45. The number of fused-ring (bicyclic) bond motifs is 1. The van der Waals surface area contributed by atoms with E-state index in [0.717, 1.165) is 18.5 Å². The van der Waals surface area contributed by atoms with Gasteiger partial charge in [0.15, 0.2) is 0 Å². The molecule has 6 nitrogen and oxygen atoms in total. The number of ether oxygens (including phenoxy) is 1. The van der Waals surface area contributed by atoms with Crippen molar-refractivity contribution in [2.75, 3.05) is 19.6 Å². The highest BCUT2D eigenvalue weighted by Crippen LogP contribution is 2.24. The molecule has 1 aliphatic heterocycles. The van der Waals surface area contributed by atoms with Crippen LogP contribution in [0.3, 0.4) is 0 Å². The summed E-state index contributed by atoms with van der Waals surface area (Å²) in [5.41, 5.74) is 2.26. The molecule has 0 spiro atoms. The van der Waals surface area contributed by atoms with Crippen LogP contribution in [0, 0.1) is 0 Å². The summed E-state index contributed by atoms with van der Waals surface area (Å²) in [5.74, 6) is -0.639. The number of carbonyl (C=O) groups excluding carboxylic acids is 1. The van der Waals surface area contributed by atoms with Crippen molar-refractivity contribution < 1.29 is 19.4 Å². The van der Waals surface area contributed by atoms with Crippen LogP contribution in [-0.4, -0.2) is 46.6 Å². The van der Waals surface area contributed by atoms with Gasteiger partial charge in [0.2, 0.25) is 0 Å². The molecule has 6 heteroatoms. The van der Waals surface area contributed by atoms with Crippen LogP contribution in [0.2, 0.25) is 0 Å². The summed E-state index contributed by atoms with van der Waals surface area (Å²) in [6, 6.07) is 5.67. The van der Waals surface area contributed by atoms with Crippen LogP contribution in [0.15, 0.2) is 24.4 Å². The Morgan fingerprint density at radius 2 is 1.92 bits per heavy atom. The second kappa shape index (κ2) is 8.85. The van der Waals surface area contributed by atoms with Crippen molar-refractivity contribution in [3.63, 3.8) is 0 Å². The van der Waals surface area contributed by atoms with E-state index in [9.17, 15) is 9.59 Å². The molecule has 1 aromatic carbocycles. The van der Waals surface area contributed by atoms with Gasteiger partial charge in [-0.25, -0.2) is 0 Å². The number of nitrogens with zero attached hydrogens (tertiary/aromatic N) is 1. The smallest absolute Gasteiger partial charge is 0.311 e. The van der Waals surface area contributed by atoms with E-state index >= 15 is 0 Å². The maximum absolute atomic E-state index is 11.9. The van der Waals surface area contributed by atoms with Crippen molar-refractivity contribution in [2.24, 2.45) is 0 Å². The molecule has 26 heavy (non-hydrogen) atoms. The first-order valence-electron chi connectivity index (χ1n) is 9.36. The lowest BCUT2D eigenvalue weighted by Crippen LogP contribution is -2.21. The molecule has 0 unspecified atom stereocenters. The summed E-state index contributed by atoms with van der Waals surface area (Å²) in [5, 5.41) is 9.77. The molecule has 3 rings (SSSR count). The normalized spacial score (nSPS) is 14.8. The Morgan fingerprint density at radius 3 is 2.69 bits per heavy atom.